The van der Waals surface area contributed by atoms with E-state index in [4.69, 9.17) is 9.47 Å². The van der Waals surface area contributed by atoms with Gasteiger partial charge < -0.3 is 9.47 Å². The molecule has 2 rings (SSSR count). The molecule has 0 bridgehead atoms. The van der Waals surface area contributed by atoms with Crippen molar-refractivity contribution < 1.29 is 24.0 Å². The molecule has 2 aromatic carbocycles. The summed E-state index contributed by atoms with van der Waals surface area (Å²) < 4.78 is 10.5. The highest BCUT2D eigenvalue weighted by molar-refractivity contribution is 5.89. The third-order valence-electron chi connectivity index (χ3n) is 4.51. The summed E-state index contributed by atoms with van der Waals surface area (Å²) in [5.41, 5.74) is 1.98. The average Bonchev–Trinajstić information content (AvgIpc) is 2.71. The number of hydrogen-bond donors (Lipinski definition) is 0. The van der Waals surface area contributed by atoms with E-state index >= 15 is 0 Å². The quantitative estimate of drug-likeness (QED) is 0.384. The summed E-state index contributed by atoms with van der Waals surface area (Å²) in [5.74, 6) is -1.54. The molecule has 7 nitrogen and oxygen atoms in total. The third kappa shape index (κ3) is 5.39. The van der Waals surface area contributed by atoms with E-state index in [0.29, 0.717) is 6.42 Å². The molecule has 28 heavy (non-hydrogen) atoms. The van der Waals surface area contributed by atoms with Crippen LogP contribution in [0.1, 0.15) is 47.2 Å². The van der Waals surface area contributed by atoms with Gasteiger partial charge in [0.1, 0.15) is 6.10 Å². The van der Waals surface area contributed by atoms with Crippen molar-refractivity contribution in [2.24, 2.45) is 0 Å². The van der Waals surface area contributed by atoms with Gasteiger partial charge in [-0.15, -0.1) is 0 Å². The van der Waals surface area contributed by atoms with Crippen molar-refractivity contribution in [2.45, 2.75) is 38.7 Å². The van der Waals surface area contributed by atoms with E-state index in [2.05, 4.69) is 0 Å². The molecule has 0 saturated carbocycles. The van der Waals surface area contributed by atoms with Crippen LogP contribution in [0.5, 0.6) is 0 Å². The Morgan fingerprint density at radius 3 is 2.18 bits per heavy atom. The van der Waals surface area contributed by atoms with Gasteiger partial charge in [-0.25, -0.2) is 4.79 Å². The first kappa shape index (κ1) is 21.1. The molecule has 0 unspecified atom stereocenters. The molecule has 2 atom stereocenters. The Morgan fingerprint density at radius 2 is 1.68 bits per heavy atom. The van der Waals surface area contributed by atoms with E-state index in [-0.39, 0.29) is 17.7 Å². The van der Waals surface area contributed by atoms with E-state index in [1.54, 1.807) is 0 Å². The van der Waals surface area contributed by atoms with Crippen LogP contribution in [-0.4, -0.2) is 30.1 Å². The second-order valence-electron chi connectivity index (χ2n) is 6.46. The van der Waals surface area contributed by atoms with Crippen molar-refractivity contribution in [3.63, 3.8) is 0 Å². The monoisotopic (exact) mass is 385 g/mol. The molecule has 7 heteroatoms. The molecule has 0 heterocycles. The van der Waals surface area contributed by atoms with Crippen LogP contribution in [0.4, 0.5) is 5.69 Å². The molecule has 2 aromatic rings. The van der Waals surface area contributed by atoms with Gasteiger partial charge in [-0.3, -0.25) is 14.9 Å². The number of nitro groups is 1. The number of methoxy groups -OCH3 is 1. The lowest BCUT2D eigenvalue weighted by molar-refractivity contribution is -0.384. The Kier molecular flexibility index (Phi) is 7.26. The molecule has 0 aliphatic carbocycles. The molecule has 148 valence electrons. The normalized spacial score (nSPS) is 12.7. The molecule has 0 aliphatic heterocycles. The number of rotatable bonds is 8. The standard InChI is InChI=1S/C21H23NO6/c1-4-18(28-20(23)16-9-11-17(12-10-16)22(25)26)13-19(21(24)27-3)15-7-5-14(2)6-8-15/h5-12,18-19H,4,13H2,1-3H3/t18-,19-/m1/s1. The Bertz CT molecular complexity index is 829. The van der Waals surface area contributed by atoms with Crippen LogP contribution in [0.25, 0.3) is 0 Å². The topological polar surface area (TPSA) is 95.7 Å². The number of hydrogen-bond acceptors (Lipinski definition) is 6. The van der Waals surface area contributed by atoms with Gasteiger partial charge in [-0.1, -0.05) is 36.8 Å². The van der Waals surface area contributed by atoms with Crippen LogP contribution < -0.4 is 0 Å². The highest BCUT2D eigenvalue weighted by atomic mass is 16.6. The number of esters is 2. The average molecular weight is 385 g/mol. The lowest BCUT2D eigenvalue weighted by Gasteiger charge is -2.22. The van der Waals surface area contributed by atoms with Crippen molar-refractivity contribution in [2.75, 3.05) is 7.11 Å². The molecule has 0 saturated heterocycles. The summed E-state index contributed by atoms with van der Waals surface area (Å²) in [4.78, 5) is 34.9. The van der Waals surface area contributed by atoms with Crippen molar-refractivity contribution in [3.8, 4) is 0 Å². The van der Waals surface area contributed by atoms with Gasteiger partial charge in [-0.05, 0) is 31.0 Å². The minimum absolute atomic E-state index is 0.103. The Morgan fingerprint density at radius 1 is 1.07 bits per heavy atom. The zero-order valence-electron chi connectivity index (χ0n) is 16.1. The summed E-state index contributed by atoms with van der Waals surface area (Å²) >= 11 is 0. The van der Waals surface area contributed by atoms with E-state index in [1.165, 1.54) is 31.4 Å². The van der Waals surface area contributed by atoms with Crippen LogP contribution >= 0.6 is 0 Å². The number of aryl methyl sites for hydroxylation is 1. The second kappa shape index (κ2) is 9.64. The summed E-state index contributed by atoms with van der Waals surface area (Å²) in [6, 6.07) is 12.8. The summed E-state index contributed by atoms with van der Waals surface area (Å²) in [6.45, 7) is 3.81. The highest BCUT2D eigenvalue weighted by Gasteiger charge is 2.27. The third-order valence-corrected chi connectivity index (χ3v) is 4.51. The molecular formula is C21H23NO6. The fraction of sp³-hybridized carbons (Fsp3) is 0.333. The van der Waals surface area contributed by atoms with Crippen LogP contribution in [-0.2, 0) is 14.3 Å². The van der Waals surface area contributed by atoms with Crippen molar-refractivity contribution in [1.29, 1.82) is 0 Å². The van der Waals surface area contributed by atoms with Crippen LogP contribution in [0.15, 0.2) is 48.5 Å². The maximum absolute atomic E-state index is 12.4. The molecule has 0 spiro atoms. The number of non-ortho nitro benzene ring substituents is 1. The number of benzene rings is 2. The predicted octanol–water partition coefficient (Wildman–Crippen LogP) is 4.19. The molecule has 0 aromatic heterocycles. The number of ether oxygens (including phenoxy) is 2. The van der Waals surface area contributed by atoms with Gasteiger partial charge in [0.15, 0.2) is 0 Å². The number of carbonyl (C=O) groups is 2. The lowest BCUT2D eigenvalue weighted by atomic mass is 9.91. The fourth-order valence-corrected chi connectivity index (χ4v) is 2.81. The van der Waals surface area contributed by atoms with Crippen molar-refractivity contribution in [3.05, 3.63) is 75.3 Å². The molecule has 0 fully saturated rings. The Labute approximate surface area is 163 Å². The lowest BCUT2D eigenvalue weighted by Crippen LogP contribution is -2.24. The highest BCUT2D eigenvalue weighted by Crippen LogP contribution is 2.26. The first-order valence-corrected chi connectivity index (χ1v) is 8.95. The van der Waals surface area contributed by atoms with E-state index in [0.717, 1.165) is 11.1 Å². The zero-order valence-corrected chi connectivity index (χ0v) is 16.1. The van der Waals surface area contributed by atoms with Gasteiger partial charge in [0, 0.05) is 18.6 Å². The van der Waals surface area contributed by atoms with Gasteiger partial charge in [-0.2, -0.15) is 0 Å². The number of nitrogens with zero attached hydrogens (tertiary/aromatic N) is 1. The Hall–Kier alpha value is -3.22. The predicted molar refractivity (Wildman–Crippen MR) is 103 cm³/mol. The summed E-state index contributed by atoms with van der Waals surface area (Å²) in [7, 11) is 1.33. The first-order valence-electron chi connectivity index (χ1n) is 8.95. The molecular weight excluding hydrogens is 362 g/mol. The Balaban J connectivity index is 2.13. The van der Waals surface area contributed by atoms with Gasteiger partial charge in [0.05, 0.1) is 23.5 Å². The second-order valence-corrected chi connectivity index (χ2v) is 6.46. The maximum Gasteiger partial charge on any atom is 0.338 e. The van der Waals surface area contributed by atoms with Crippen molar-refractivity contribution >= 4 is 17.6 Å². The molecule has 0 aliphatic rings. The van der Waals surface area contributed by atoms with Gasteiger partial charge in [0.2, 0.25) is 0 Å². The van der Waals surface area contributed by atoms with Crippen LogP contribution in [0.2, 0.25) is 0 Å². The van der Waals surface area contributed by atoms with Gasteiger partial charge in [0.25, 0.3) is 5.69 Å². The van der Waals surface area contributed by atoms with E-state index < -0.39 is 28.9 Å². The summed E-state index contributed by atoms with van der Waals surface area (Å²) in [5, 5.41) is 10.7. The maximum atomic E-state index is 12.4. The summed E-state index contributed by atoms with van der Waals surface area (Å²) in [6.07, 6.45) is 0.288. The molecule has 0 amide bonds. The molecule has 0 N–H and O–H groups in total. The van der Waals surface area contributed by atoms with E-state index in [1.807, 2.05) is 38.1 Å². The fourth-order valence-electron chi connectivity index (χ4n) is 2.81. The van der Waals surface area contributed by atoms with Crippen LogP contribution in [0, 0.1) is 17.0 Å². The van der Waals surface area contributed by atoms with E-state index in [9.17, 15) is 19.7 Å². The number of carbonyl (C=O) groups excluding carboxylic acids is 2. The van der Waals surface area contributed by atoms with Crippen LogP contribution in [0.3, 0.4) is 0 Å². The minimum Gasteiger partial charge on any atom is -0.469 e. The minimum atomic E-state index is -0.589. The first-order chi connectivity index (χ1) is 13.3. The molecule has 0 radical (unpaired) electrons. The largest absolute Gasteiger partial charge is 0.469 e. The number of nitro benzene ring substituents is 1. The SMILES string of the molecule is CC[C@H](C[C@@H](C(=O)OC)c1ccc(C)cc1)OC(=O)c1ccc([N+](=O)[O-])cc1. The van der Waals surface area contributed by atoms with Gasteiger partial charge >= 0.3 is 11.9 Å². The van der Waals surface area contributed by atoms with Crippen molar-refractivity contribution in [1.82, 2.24) is 0 Å². The zero-order chi connectivity index (χ0) is 20.7. The smallest absolute Gasteiger partial charge is 0.338 e.